The number of hydrazone groups is 1. The molecule has 0 saturated heterocycles. The van der Waals surface area contributed by atoms with Crippen molar-refractivity contribution in [2.75, 3.05) is 10.5 Å². The number of carbonyl (C=O) groups excluding carboxylic acids is 1. The first-order valence-electron chi connectivity index (χ1n) is 12.5. The highest BCUT2D eigenvalue weighted by Crippen LogP contribution is 2.31. The van der Waals surface area contributed by atoms with E-state index in [1.165, 1.54) is 12.1 Å². The summed E-state index contributed by atoms with van der Waals surface area (Å²) in [6.45, 7) is 1.65. The van der Waals surface area contributed by atoms with E-state index in [9.17, 15) is 17.6 Å². The maximum atomic E-state index is 15.3. The molecular formula is C28H25F2N7O3S. The Morgan fingerprint density at radius 2 is 1.73 bits per heavy atom. The third-order valence-corrected chi connectivity index (χ3v) is 8.00. The number of aromatic nitrogens is 2. The molecule has 0 amide bonds. The number of hydrazine groups is 1. The van der Waals surface area contributed by atoms with Gasteiger partial charge in [0.25, 0.3) is 0 Å². The zero-order valence-corrected chi connectivity index (χ0v) is 22.5. The van der Waals surface area contributed by atoms with E-state index in [1.54, 1.807) is 31.3 Å². The summed E-state index contributed by atoms with van der Waals surface area (Å²) in [5, 5.41) is 4.89. The van der Waals surface area contributed by atoms with Gasteiger partial charge in [-0.05, 0) is 48.4 Å². The maximum absolute atomic E-state index is 15.3. The van der Waals surface area contributed by atoms with Crippen LogP contribution in [0.4, 0.5) is 14.5 Å². The van der Waals surface area contributed by atoms with Gasteiger partial charge in [-0.15, -0.1) is 0 Å². The van der Waals surface area contributed by atoms with Gasteiger partial charge in [0.2, 0.25) is 10.0 Å². The molecule has 7 N–H and O–H groups in total. The van der Waals surface area contributed by atoms with Crippen LogP contribution >= 0.6 is 0 Å². The van der Waals surface area contributed by atoms with Crippen LogP contribution < -0.4 is 21.8 Å². The summed E-state index contributed by atoms with van der Waals surface area (Å²) in [4.78, 5) is 21.0. The van der Waals surface area contributed by atoms with Crippen molar-refractivity contribution >= 4 is 49.3 Å². The summed E-state index contributed by atoms with van der Waals surface area (Å²) in [6.07, 6.45) is 1.99. The summed E-state index contributed by atoms with van der Waals surface area (Å²) in [6, 6.07) is 15.5. The molecule has 0 aliphatic carbocycles. The number of anilines is 1. The lowest BCUT2D eigenvalue weighted by Crippen LogP contribution is -2.31. The summed E-state index contributed by atoms with van der Waals surface area (Å²) in [5.41, 5.74) is 4.60. The van der Waals surface area contributed by atoms with Crippen LogP contribution in [0.3, 0.4) is 0 Å². The molecule has 0 spiro atoms. The molecule has 5 rings (SSSR count). The topological polar surface area (TPSA) is 168 Å². The summed E-state index contributed by atoms with van der Waals surface area (Å²) < 4.78 is 56.4. The van der Waals surface area contributed by atoms with E-state index in [0.717, 1.165) is 23.3 Å². The molecule has 0 atom stereocenters. The molecule has 10 nitrogen and oxygen atoms in total. The standard InChI is InChI=1S/C28H25F2N7O3S/c1-2-11-41(39,40)37-23-10-8-21(29)24(25(23)30)26(38)17-7-9-22-19(12-17)20-13-18(14-33-28(20)34-22)15-3-5-16(6-4-15)27(35-31)36-32/h3-10,12-14,37H,2,11,31-32H2,1H3,(H,33,34)(H,35,36). The minimum atomic E-state index is -3.86. The van der Waals surface area contributed by atoms with Gasteiger partial charge in [0.15, 0.2) is 17.4 Å². The minimum absolute atomic E-state index is 0.0161. The van der Waals surface area contributed by atoms with Crippen LogP contribution in [0, 0.1) is 11.6 Å². The average molecular weight is 578 g/mol. The molecule has 0 fully saturated rings. The fraction of sp³-hybridized carbons (Fsp3) is 0.107. The highest BCUT2D eigenvalue weighted by Gasteiger charge is 2.24. The number of pyridine rings is 1. The van der Waals surface area contributed by atoms with Gasteiger partial charge in [-0.25, -0.2) is 28.0 Å². The number of H-pyrrole nitrogens is 1. The van der Waals surface area contributed by atoms with E-state index in [2.05, 4.69) is 25.2 Å². The van der Waals surface area contributed by atoms with Gasteiger partial charge >= 0.3 is 0 Å². The Bertz CT molecular complexity index is 1940. The second kappa shape index (κ2) is 10.9. The van der Waals surface area contributed by atoms with Crippen molar-refractivity contribution in [1.82, 2.24) is 15.4 Å². The predicted octanol–water partition coefficient (Wildman–Crippen LogP) is 4.13. The summed E-state index contributed by atoms with van der Waals surface area (Å²) in [5.74, 6) is 7.51. The van der Waals surface area contributed by atoms with Crippen molar-refractivity contribution in [2.45, 2.75) is 13.3 Å². The molecule has 0 radical (unpaired) electrons. The maximum Gasteiger partial charge on any atom is 0.232 e. The number of nitrogens with one attached hydrogen (secondary N) is 3. The average Bonchev–Trinajstić information content (AvgIpc) is 3.33. The Labute approximate surface area is 233 Å². The SMILES string of the molecule is CCCS(=O)(=O)Nc1ccc(F)c(C(=O)c2ccc3[nH]c4ncc(-c5ccc(/C(=N/N)NN)cc5)cc4c3c2)c1F. The van der Waals surface area contributed by atoms with Gasteiger partial charge in [0.05, 0.1) is 17.0 Å². The number of rotatable bonds is 8. The molecule has 0 saturated carbocycles. The van der Waals surface area contributed by atoms with Crippen LogP contribution in [0.2, 0.25) is 0 Å². The van der Waals surface area contributed by atoms with Crippen molar-refractivity contribution in [2.24, 2.45) is 16.8 Å². The van der Waals surface area contributed by atoms with Gasteiger partial charge < -0.3 is 16.3 Å². The number of aromatic amines is 1. The number of carbonyl (C=O) groups is 1. The Morgan fingerprint density at radius 3 is 2.41 bits per heavy atom. The lowest BCUT2D eigenvalue weighted by Gasteiger charge is -2.11. The number of sulfonamides is 1. The van der Waals surface area contributed by atoms with Crippen LogP contribution in [0.5, 0.6) is 0 Å². The molecule has 2 aromatic heterocycles. The Hall–Kier alpha value is -4.88. The molecule has 13 heteroatoms. The predicted molar refractivity (Wildman–Crippen MR) is 155 cm³/mol. The van der Waals surface area contributed by atoms with Crippen LogP contribution in [0.25, 0.3) is 33.1 Å². The largest absolute Gasteiger partial charge is 0.339 e. The number of halogens is 2. The van der Waals surface area contributed by atoms with Crippen molar-refractivity contribution in [1.29, 1.82) is 0 Å². The van der Waals surface area contributed by atoms with E-state index in [4.69, 9.17) is 11.7 Å². The van der Waals surface area contributed by atoms with Gasteiger partial charge in [-0.3, -0.25) is 9.52 Å². The first-order valence-corrected chi connectivity index (χ1v) is 14.1. The van der Waals surface area contributed by atoms with Crippen LogP contribution in [-0.4, -0.2) is 35.8 Å². The van der Waals surface area contributed by atoms with E-state index in [0.29, 0.717) is 39.8 Å². The van der Waals surface area contributed by atoms with E-state index in [1.807, 2.05) is 18.2 Å². The molecule has 2 heterocycles. The molecule has 0 aliphatic rings. The van der Waals surface area contributed by atoms with Crippen molar-refractivity contribution < 1.29 is 22.0 Å². The fourth-order valence-corrected chi connectivity index (χ4v) is 5.69. The first-order chi connectivity index (χ1) is 19.7. The molecule has 210 valence electrons. The van der Waals surface area contributed by atoms with Gasteiger partial charge in [0, 0.05) is 39.2 Å². The molecule has 0 bridgehead atoms. The number of nitrogens with two attached hydrogens (primary N) is 2. The fourth-order valence-electron chi connectivity index (χ4n) is 4.56. The minimum Gasteiger partial charge on any atom is -0.339 e. The molecule has 41 heavy (non-hydrogen) atoms. The third kappa shape index (κ3) is 5.32. The van der Waals surface area contributed by atoms with E-state index >= 15 is 4.39 Å². The second-order valence-corrected chi connectivity index (χ2v) is 11.1. The third-order valence-electron chi connectivity index (χ3n) is 6.53. The number of hydrogen-bond donors (Lipinski definition) is 5. The van der Waals surface area contributed by atoms with Crippen molar-refractivity contribution in [3.63, 3.8) is 0 Å². The number of benzene rings is 3. The summed E-state index contributed by atoms with van der Waals surface area (Å²) in [7, 11) is -3.86. The Kier molecular flexibility index (Phi) is 7.39. The zero-order valence-electron chi connectivity index (χ0n) is 21.7. The lowest BCUT2D eigenvalue weighted by atomic mass is 9.99. The number of hydrogen-bond acceptors (Lipinski definition) is 7. The normalized spacial score (nSPS) is 12.1. The summed E-state index contributed by atoms with van der Waals surface area (Å²) >= 11 is 0. The van der Waals surface area contributed by atoms with Crippen molar-refractivity contribution in [3.05, 3.63) is 95.2 Å². The lowest BCUT2D eigenvalue weighted by molar-refractivity contribution is 0.103. The molecule has 3 aromatic carbocycles. The smallest absolute Gasteiger partial charge is 0.232 e. The zero-order chi connectivity index (χ0) is 29.3. The van der Waals surface area contributed by atoms with Crippen LogP contribution in [0.15, 0.2) is 72.0 Å². The van der Waals surface area contributed by atoms with Crippen LogP contribution in [0.1, 0.15) is 34.8 Å². The number of nitrogens with zero attached hydrogens (tertiary/aromatic N) is 2. The van der Waals surface area contributed by atoms with Gasteiger partial charge in [-0.2, -0.15) is 5.10 Å². The van der Waals surface area contributed by atoms with E-state index in [-0.39, 0.29) is 11.3 Å². The Morgan fingerprint density at radius 1 is 1.00 bits per heavy atom. The van der Waals surface area contributed by atoms with Crippen LogP contribution in [-0.2, 0) is 10.0 Å². The van der Waals surface area contributed by atoms with Gasteiger partial charge in [0.1, 0.15) is 11.5 Å². The molecular weight excluding hydrogens is 552 g/mol. The number of amidine groups is 1. The highest BCUT2D eigenvalue weighted by molar-refractivity contribution is 7.92. The molecule has 0 unspecified atom stereocenters. The monoisotopic (exact) mass is 577 g/mol. The second-order valence-electron chi connectivity index (χ2n) is 9.24. The van der Waals surface area contributed by atoms with Gasteiger partial charge in [-0.1, -0.05) is 31.2 Å². The number of fused-ring (bicyclic) bond motifs is 3. The molecule has 5 aromatic rings. The van der Waals surface area contributed by atoms with E-state index < -0.39 is 38.7 Å². The van der Waals surface area contributed by atoms with Crippen molar-refractivity contribution in [3.8, 4) is 11.1 Å². The Balaban J connectivity index is 1.54. The highest BCUT2D eigenvalue weighted by atomic mass is 32.2. The molecule has 0 aliphatic heterocycles. The first kappa shape index (κ1) is 27.7. The quantitative estimate of drug-likeness (QED) is 0.0607. The number of ketones is 1.